The van der Waals surface area contributed by atoms with Gasteiger partial charge in [-0.3, -0.25) is 9.48 Å². The number of benzene rings is 2. The maximum atomic E-state index is 13.2. The normalized spacial score (nSPS) is 12.6. The highest BCUT2D eigenvalue weighted by Crippen LogP contribution is 2.34. The van der Waals surface area contributed by atoms with Crippen molar-refractivity contribution in [1.82, 2.24) is 14.8 Å². The summed E-state index contributed by atoms with van der Waals surface area (Å²) in [4.78, 5) is 28.6. The number of hydrogen-bond acceptors (Lipinski definition) is 6. The molecule has 2 heterocycles. The molecule has 1 aliphatic rings. The van der Waals surface area contributed by atoms with Gasteiger partial charge >= 0.3 is 5.97 Å². The minimum atomic E-state index is -4.00. The van der Waals surface area contributed by atoms with E-state index in [-0.39, 0.29) is 16.4 Å². The number of esters is 1. The van der Waals surface area contributed by atoms with Crippen LogP contribution in [0.1, 0.15) is 45.2 Å². The fourth-order valence-electron chi connectivity index (χ4n) is 4.70. The van der Waals surface area contributed by atoms with Crippen molar-refractivity contribution < 1.29 is 17.9 Å². The van der Waals surface area contributed by atoms with E-state index in [0.29, 0.717) is 47.6 Å². The summed E-state index contributed by atoms with van der Waals surface area (Å²) in [6, 6.07) is 15.4. The number of carbonyl (C=O) groups is 1. The number of aryl methyl sites for hydroxylation is 3. The quantitative estimate of drug-likeness (QED) is 0.387. The molecule has 0 aliphatic heterocycles. The molecule has 4 aromatic rings. The monoisotopic (exact) mass is 517 g/mol. The zero-order valence-corrected chi connectivity index (χ0v) is 21.7. The zero-order chi connectivity index (χ0) is 26.3. The van der Waals surface area contributed by atoms with Gasteiger partial charge in [0.15, 0.2) is 5.69 Å². The molecule has 8 nitrogen and oxygen atoms in total. The van der Waals surface area contributed by atoms with Crippen LogP contribution < -0.4 is 5.56 Å². The summed E-state index contributed by atoms with van der Waals surface area (Å²) in [5.41, 5.74) is 5.15. The Kier molecular flexibility index (Phi) is 6.33. The summed E-state index contributed by atoms with van der Waals surface area (Å²) in [7, 11) is -4.00. The molecular weight excluding hydrogens is 490 g/mol. The summed E-state index contributed by atoms with van der Waals surface area (Å²) in [5.74, 6) is -0.478. The Morgan fingerprint density at radius 1 is 1.05 bits per heavy atom. The SMILES string of the molecule is CCOC(=O)c1c2c(nn1Cc1ccc(C)c(C)c1)-c1[nH]c(=O)c(S(=O)(=O)c3ccccc3)cc1CC2. The molecule has 0 saturated carbocycles. The number of sulfone groups is 1. The summed E-state index contributed by atoms with van der Waals surface area (Å²) in [6.07, 6.45) is 0.901. The van der Waals surface area contributed by atoms with Gasteiger partial charge in [-0.2, -0.15) is 5.10 Å². The van der Waals surface area contributed by atoms with Crippen LogP contribution in [0.2, 0.25) is 0 Å². The van der Waals surface area contributed by atoms with Crippen LogP contribution in [-0.4, -0.2) is 35.8 Å². The van der Waals surface area contributed by atoms with Gasteiger partial charge in [0.25, 0.3) is 5.56 Å². The standard InChI is InChI=1S/C28H27N3O5S/c1-4-36-28(33)26-22-13-12-20-15-23(37(34,35)21-8-6-5-7-9-21)27(32)29-24(20)25(22)30-31(26)16-19-11-10-17(2)18(3)14-19/h5-11,14-15H,4,12-13,16H2,1-3H3,(H,29,32). The second kappa shape index (κ2) is 9.48. The highest BCUT2D eigenvalue weighted by Gasteiger charge is 2.32. The maximum absolute atomic E-state index is 13.2. The van der Waals surface area contributed by atoms with Crippen LogP contribution in [0.5, 0.6) is 0 Å². The Labute approximate surface area is 214 Å². The predicted molar refractivity (Wildman–Crippen MR) is 139 cm³/mol. The molecule has 0 saturated heterocycles. The minimum Gasteiger partial charge on any atom is -0.461 e. The van der Waals surface area contributed by atoms with E-state index in [9.17, 15) is 18.0 Å². The molecule has 0 unspecified atom stereocenters. The van der Waals surface area contributed by atoms with Crippen molar-refractivity contribution in [1.29, 1.82) is 0 Å². The molecule has 0 spiro atoms. The Morgan fingerprint density at radius 2 is 1.81 bits per heavy atom. The first-order chi connectivity index (χ1) is 17.7. The first-order valence-electron chi connectivity index (χ1n) is 12.1. The number of nitrogens with zero attached hydrogens (tertiary/aromatic N) is 2. The van der Waals surface area contributed by atoms with Crippen molar-refractivity contribution in [2.45, 2.75) is 49.9 Å². The fraction of sp³-hybridized carbons (Fsp3) is 0.250. The topological polar surface area (TPSA) is 111 Å². The van der Waals surface area contributed by atoms with E-state index in [4.69, 9.17) is 9.84 Å². The Hall–Kier alpha value is -3.98. The number of hydrogen-bond donors (Lipinski definition) is 1. The van der Waals surface area contributed by atoms with Crippen molar-refractivity contribution in [3.05, 3.63) is 98.5 Å². The summed E-state index contributed by atoms with van der Waals surface area (Å²) in [5, 5.41) is 4.73. The first kappa shape index (κ1) is 24.7. The number of carbonyl (C=O) groups excluding carboxylic acids is 1. The number of ether oxygens (including phenoxy) is 1. The Bertz CT molecular complexity index is 1680. The molecule has 9 heteroatoms. The molecule has 2 aromatic carbocycles. The van der Waals surface area contributed by atoms with E-state index in [1.165, 1.54) is 23.8 Å². The van der Waals surface area contributed by atoms with Crippen LogP contribution in [0, 0.1) is 13.8 Å². The second-order valence-electron chi connectivity index (χ2n) is 9.15. The minimum absolute atomic E-state index is 0.0548. The highest BCUT2D eigenvalue weighted by atomic mass is 32.2. The lowest BCUT2D eigenvalue weighted by molar-refractivity contribution is 0.0511. The molecule has 0 fully saturated rings. The molecular formula is C28H27N3O5S. The number of aromatic nitrogens is 3. The van der Waals surface area contributed by atoms with E-state index < -0.39 is 21.4 Å². The first-order valence-corrected chi connectivity index (χ1v) is 13.6. The predicted octanol–water partition coefficient (Wildman–Crippen LogP) is 4.01. The van der Waals surface area contributed by atoms with Crippen molar-refractivity contribution in [2.75, 3.05) is 6.61 Å². The molecule has 37 heavy (non-hydrogen) atoms. The van der Waals surface area contributed by atoms with Crippen LogP contribution in [0.4, 0.5) is 0 Å². The Morgan fingerprint density at radius 3 is 2.51 bits per heavy atom. The lowest BCUT2D eigenvalue weighted by atomic mass is 9.92. The molecule has 0 radical (unpaired) electrons. The van der Waals surface area contributed by atoms with Gasteiger partial charge in [0.1, 0.15) is 10.6 Å². The van der Waals surface area contributed by atoms with Crippen molar-refractivity contribution in [3.8, 4) is 11.4 Å². The Balaban J connectivity index is 1.63. The van der Waals surface area contributed by atoms with Crippen LogP contribution in [0.25, 0.3) is 11.4 Å². The van der Waals surface area contributed by atoms with Gasteiger partial charge in [-0.05, 0) is 74.1 Å². The molecule has 0 atom stereocenters. The van der Waals surface area contributed by atoms with Crippen LogP contribution in [-0.2, 0) is 34.0 Å². The average Bonchev–Trinajstić information content (AvgIpc) is 3.25. The summed E-state index contributed by atoms with van der Waals surface area (Å²) >= 11 is 0. The van der Waals surface area contributed by atoms with E-state index in [1.54, 1.807) is 29.8 Å². The van der Waals surface area contributed by atoms with Gasteiger partial charge in [-0.15, -0.1) is 0 Å². The van der Waals surface area contributed by atoms with E-state index in [2.05, 4.69) is 11.1 Å². The molecule has 0 amide bonds. The van der Waals surface area contributed by atoms with E-state index in [0.717, 1.165) is 11.1 Å². The number of rotatable bonds is 6. The van der Waals surface area contributed by atoms with Gasteiger partial charge < -0.3 is 9.72 Å². The van der Waals surface area contributed by atoms with Gasteiger partial charge in [0.2, 0.25) is 9.84 Å². The van der Waals surface area contributed by atoms with Gasteiger partial charge in [-0.25, -0.2) is 13.2 Å². The third-order valence-electron chi connectivity index (χ3n) is 6.74. The molecule has 1 aliphatic carbocycles. The average molecular weight is 518 g/mol. The summed E-state index contributed by atoms with van der Waals surface area (Å²) in [6.45, 7) is 6.38. The fourth-order valence-corrected chi connectivity index (χ4v) is 6.06. The lowest BCUT2D eigenvalue weighted by Gasteiger charge is -2.16. The summed E-state index contributed by atoms with van der Waals surface area (Å²) < 4.78 is 33.3. The van der Waals surface area contributed by atoms with Crippen molar-refractivity contribution in [3.63, 3.8) is 0 Å². The number of pyridine rings is 1. The largest absolute Gasteiger partial charge is 0.461 e. The van der Waals surface area contributed by atoms with E-state index >= 15 is 0 Å². The number of H-pyrrole nitrogens is 1. The number of fused-ring (bicyclic) bond motifs is 3. The smallest absolute Gasteiger partial charge is 0.356 e. The molecule has 2 aromatic heterocycles. The highest BCUT2D eigenvalue weighted by molar-refractivity contribution is 7.91. The van der Waals surface area contributed by atoms with Crippen molar-refractivity contribution in [2.24, 2.45) is 0 Å². The lowest BCUT2D eigenvalue weighted by Crippen LogP contribution is -2.21. The van der Waals surface area contributed by atoms with Crippen LogP contribution >= 0.6 is 0 Å². The van der Waals surface area contributed by atoms with Gasteiger partial charge in [0.05, 0.1) is 23.7 Å². The molecule has 190 valence electrons. The molecule has 0 bridgehead atoms. The molecule has 5 rings (SSSR count). The second-order valence-corrected chi connectivity index (χ2v) is 11.1. The van der Waals surface area contributed by atoms with Gasteiger partial charge in [-0.1, -0.05) is 36.4 Å². The van der Waals surface area contributed by atoms with Crippen molar-refractivity contribution >= 4 is 15.8 Å². The maximum Gasteiger partial charge on any atom is 0.356 e. The van der Waals surface area contributed by atoms with Gasteiger partial charge in [0, 0.05) is 5.56 Å². The number of nitrogens with one attached hydrogen (secondary N) is 1. The third kappa shape index (κ3) is 4.40. The van der Waals surface area contributed by atoms with Crippen LogP contribution in [0.15, 0.2) is 69.2 Å². The van der Waals surface area contributed by atoms with E-state index in [1.807, 2.05) is 26.0 Å². The zero-order valence-electron chi connectivity index (χ0n) is 20.9. The number of aromatic amines is 1. The molecule has 1 N–H and O–H groups in total. The van der Waals surface area contributed by atoms with Crippen LogP contribution in [0.3, 0.4) is 0 Å². The third-order valence-corrected chi connectivity index (χ3v) is 8.51.